The van der Waals surface area contributed by atoms with Crippen molar-refractivity contribution in [2.24, 2.45) is 0 Å². The van der Waals surface area contributed by atoms with Crippen molar-refractivity contribution in [2.75, 3.05) is 0 Å². The summed E-state index contributed by atoms with van der Waals surface area (Å²) in [5.74, 6) is -1.92. The van der Waals surface area contributed by atoms with Crippen LogP contribution in [0.2, 0.25) is 0 Å². The summed E-state index contributed by atoms with van der Waals surface area (Å²) in [6.45, 7) is 0. The zero-order valence-corrected chi connectivity index (χ0v) is 6.44. The summed E-state index contributed by atoms with van der Waals surface area (Å²) in [4.78, 5) is 10.1. The molecule has 12 heavy (non-hydrogen) atoms. The van der Waals surface area contributed by atoms with Gasteiger partial charge < -0.3 is 4.74 Å². The van der Waals surface area contributed by atoms with Gasteiger partial charge in [-0.2, -0.15) is 0 Å². The van der Waals surface area contributed by atoms with E-state index in [1.807, 2.05) is 0 Å². The minimum Gasteiger partial charge on any atom is -0.414 e. The third kappa shape index (κ3) is 2.47. The molecule has 64 valence electrons. The molecule has 0 amide bonds. The van der Waals surface area contributed by atoms with Gasteiger partial charge in [-0.25, -0.2) is 13.6 Å². The number of halogens is 3. The Morgan fingerprint density at radius 1 is 1.25 bits per heavy atom. The van der Waals surface area contributed by atoms with Crippen LogP contribution in [0.4, 0.5) is 13.6 Å². The predicted octanol–water partition coefficient (Wildman–Crippen LogP) is 2.70. The van der Waals surface area contributed by atoms with Crippen molar-refractivity contribution in [1.29, 1.82) is 0 Å². The van der Waals surface area contributed by atoms with E-state index in [9.17, 15) is 13.6 Å². The van der Waals surface area contributed by atoms with E-state index in [1.54, 1.807) is 0 Å². The van der Waals surface area contributed by atoms with E-state index < -0.39 is 17.1 Å². The van der Waals surface area contributed by atoms with E-state index in [0.29, 0.717) is 6.07 Å². The molecule has 0 aliphatic rings. The lowest BCUT2D eigenvalue weighted by molar-refractivity contribution is 0.225. The average molecular weight is 193 g/mol. The van der Waals surface area contributed by atoms with Crippen molar-refractivity contribution >= 4 is 17.0 Å². The van der Waals surface area contributed by atoms with Crippen LogP contribution in [0.3, 0.4) is 0 Å². The monoisotopic (exact) mass is 192 g/mol. The Bertz CT molecular complexity index is 294. The summed E-state index contributed by atoms with van der Waals surface area (Å²) in [7, 11) is 0. The molecule has 0 atom stereocenters. The van der Waals surface area contributed by atoms with Gasteiger partial charge in [-0.3, -0.25) is 0 Å². The van der Waals surface area contributed by atoms with E-state index >= 15 is 0 Å². The van der Waals surface area contributed by atoms with Crippen LogP contribution in [-0.2, 0) is 0 Å². The van der Waals surface area contributed by atoms with Gasteiger partial charge in [-0.1, -0.05) is 0 Å². The van der Waals surface area contributed by atoms with Gasteiger partial charge in [0.05, 0.1) is 0 Å². The molecule has 5 heteroatoms. The molecule has 0 saturated carbocycles. The van der Waals surface area contributed by atoms with E-state index in [4.69, 9.17) is 11.6 Å². The van der Waals surface area contributed by atoms with Gasteiger partial charge in [0.25, 0.3) is 0 Å². The second kappa shape index (κ2) is 3.49. The Balaban J connectivity index is 2.93. The lowest BCUT2D eigenvalue weighted by Crippen LogP contribution is -1.96. The Labute approximate surface area is 71.7 Å². The summed E-state index contributed by atoms with van der Waals surface area (Å²) >= 11 is 4.81. The lowest BCUT2D eigenvalue weighted by Gasteiger charge is -1.98. The highest BCUT2D eigenvalue weighted by molar-refractivity contribution is 6.61. The Morgan fingerprint density at radius 3 is 2.17 bits per heavy atom. The van der Waals surface area contributed by atoms with Crippen LogP contribution < -0.4 is 4.74 Å². The maximum Gasteiger partial charge on any atom is 0.409 e. The van der Waals surface area contributed by atoms with Crippen LogP contribution in [0.25, 0.3) is 0 Å². The first kappa shape index (κ1) is 8.93. The molecule has 0 aliphatic carbocycles. The normalized spacial score (nSPS) is 9.58. The third-order valence-corrected chi connectivity index (χ3v) is 1.11. The maximum atomic E-state index is 12.4. The van der Waals surface area contributed by atoms with Crippen LogP contribution in [0.15, 0.2) is 18.2 Å². The molecule has 0 N–H and O–H groups in total. The minimum absolute atomic E-state index is 0.257. The van der Waals surface area contributed by atoms with Crippen molar-refractivity contribution in [3.63, 3.8) is 0 Å². The molecular weight excluding hydrogens is 190 g/mol. The van der Waals surface area contributed by atoms with Crippen LogP contribution in [0.5, 0.6) is 5.75 Å². The Kier molecular flexibility index (Phi) is 2.60. The fraction of sp³-hybridized carbons (Fsp3) is 0. The van der Waals surface area contributed by atoms with Crippen molar-refractivity contribution < 1.29 is 18.3 Å². The summed E-state index contributed by atoms with van der Waals surface area (Å²) in [6.07, 6.45) is 0. The van der Waals surface area contributed by atoms with E-state index in [0.717, 1.165) is 12.1 Å². The number of carbonyl (C=O) groups excluding carboxylic acids is 1. The highest BCUT2D eigenvalue weighted by Crippen LogP contribution is 2.15. The van der Waals surface area contributed by atoms with E-state index in [1.165, 1.54) is 0 Å². The highest BCUT2D eigenvalue weighted by atomic mass is 35.5. The van der Waals surface area contributed by atoms with Crippen LogP contribution in [0, 0.1) is 11.6 Å². The zero-order chi connectivity index (χ0) is 9.14. The standard InChI is InChI=1S/C7H3ClF2O2/c8-7(11)12-6-2-4(9)1-5(10)3-6/h1-3H. The summed E-state index contributed by atoms with van der Waals surface area (Å²) < 4.78 is 29.0. The van der Waals surface area contributed by atoms with Crippen LogP contribution >= 0.6 is 11.6 Å². The van der Waals surface area contributed by atoms with E-state index in [-0.39, 0.29) is 5.75 Å². The van der Waals surface area contributed by atoms with Gasteiger partial charge in [0.2, 0.25) is 0 Å². The Morgan fingerprint density at radius 2 is 1.75 bits per heavy atom. The summed E-state index contributed by atoms with van der Waals surface area (Å²) in [5.41, 5.74) is -1.14. The molecule has 0 spiro atoms. The zero-order valence-electron chi connectivity index (χ0n) is 5.68. The number of hydrogen-bond donors (Lipinski definition) is 0. The first-order valence-corrected chi connectivity index (χ1v) is 3.29. The molecule has 1 rings (SSSR count). The predicted molar refractivity (Wildman–Crippen MR) is 38.2 cm³/mol. The molecular formula is C7H3ClF2O2. The highest BCUT2D eigenvalue weighted by Gasteiger charge is 2.04. The first-order valence-electron chi connectivity index (χ1n) is 2.91. The molecule has 0 saturated heterocycles. The second-order valence-corrected chi connectivity index (χ2v) is 2.25. The topological polar surface area (TPSA) is 26.3 Å². The van der Waals surface area contributed by atoms with Gasteiger partial charge in [0.1, 0.15) is 17.4 Å². The molecule has 0 aliphatic heterocycles. The van der Waals surface area contributed by atoms with Crippen LogP contribution in [-0.4, -0.2) is 5.43 Å². The third-order valence-electron chi connectivity index (χ3n) is 1.03. The number of ether oxygens (including phenoxy) is 1. The first-order chi connectivity index (χ1) is 5.58. The van der Waals surface area contributed by atoms with Crippen molar-refractivity contribution in [2.45, 2.75) is 0 Å². The molecule has 1 aromatic carbocycles. The molecule has 0 unspecified atom stereocenters. The van der Waals surface area contributed by atoms with Gasteiger partial charge in [-0.05, 0) is 0 Å². The van der Waals surface area contributed by atoms with Crippen molar-refractivity contribution in [3.8, 4) is 5.75 Å². The van der Waals surface area contributed by atoms with Crippen molar-refractivity contribution in [3.05, 3.63) is 29.8 Å². The minimum atomic E-state index is -1.14. The number of hydrogen-bond acceptors (Lipinski definition) is 2. The number of benzene rings is 1. The van der Waals surface area contributed by atoms with Crippen molar-refractivity contribution in [1.82, 2.24) is 0 Å². The quantitative estimate of drug-likeness (QED) is 0.640. The molecule has 0 aromatic heterocycles. The largest absolute Gasteiger partial charge is 0.414 e. The van der Waals surface area contributed by atoms with Gasteiger partial charge in [0.15, 0.2) is 0 Å². The Hall–Kier alpha value is -1.16. The van der Waals surface area contributed by atoms with E-state index in [2.05, 4.69) is 4.74 Å². The number of rotatable bonds is 1. The molecule has 0 bridgehead atoms. The smallest absolute Gasteiger partial charge is 0.409 e. The van der Waals surface area contributed by atoms with Gasteiger partial charge in [-0.15, -0.1) is 0 Å². The average Bonchev–Trinajstić information content (AvgIpc) is 1.81. The maximum absolute atomic E-state index is 12.4. The SMILES string of the molecule is O=C(Cl)Oc1cc(F)cc(F)c1. The van der Waals surface area contributed by atoms with Gasteiger partial charge >= 0.3 is 5.43 Å². The fourth-order valence-corrected chi connectivity index (χ4v) is 0.769. The summed E-state index contributed by atoms with van der Waals surface area (Å²) in [5, 5.41) is 0. The second-order valence-electron chi connectivity index (χ2n) is 1.94. The molecule has 0 heterocycles. The lowest BCUT2D eigenvalue weighted by atomic mass is 10.3. The van der Waals surface area contributed by atoms with Crippen LogP contribution in [0.1, 0.15) is 0 Å². The summed E-state index contributed by atoms with van der Waals surface area (Å²) in [6, 6.07) is 2.36. The number of carbonyl (C=O) groups is 1. The molecule has 0 fully saturated rings. The molecule has 0 radical (unpaired) electrons. The van der Waals surface area contributed by atoms with Gasteiger partial charge in [0, 0.05) is 29.8 Å². The molecule has 1 aromatic rings. The molecule has 2 nitrogen and oxygen atoms in total. The fourth-order valence-electron chi connectivity index (χ4n) is 0.680.